The van der Waals surface area contributed by atoms with Crippen LogP contribution in [0, 0.1) is 5.92 Å². The first kappa shape index (κ1) is 21.3. The minimum absolute atomic E-state index is 0.0474. The van der Waals surface area contributed by atoms with Gasteiger partial charge in [-0.25, -0.2) is 9.59 Å². The Hall–Kier alpha value is -3.60. The Kier molecular flexibility index (Phi) is 5.20. The van der Waals surface area contributed by atoms with Gasteiger partial charge in [0.2, 0.25) is 0 Å². The van der Waals surface area contributed by atoms with Crippen molar-refractivity contribution in [2.45, 2.75) is 37.6 Å². The summed E-state index contributed by atoms with van der Waals surface area (Å²) in [6.45, 7) is 4.30. The summed E-state index contributed by atoms with van der Waals surface area (Å²) in [7, 11) is 0. The van der Waals surface area contributed by atoms with Crippen LogP contribution < -0.4 is 5.32 Å². The number of hydrogen-bond acceptors (Lipinski definition) is 3. The van der Waals surface area contributed by atoms with E-state index in [4.69, 9.17) is 4.74 Å². The first-order valence-electron chi connectivity index (χ1n) is 11.4. The predicted molar refractivity (Wildman–Crippen MR) is 126 cm³/mol. The van der Waals surface area contributed by atoms with Crippen LogP contribution in [-0.4, -0.2) is 23.8 Å². The van der Waals surface area contributed by atoms with Crippen LogP contribution in [-0.2, 0) is 15.1 Å². The minimum atomic E-state index is -1.49. The van der Waals surface area contributed by atoms with E-state index in [1.165, 1.54) is 0 Å². The number of carbonyl (C=O) groups excluding carboxylic acids is 1. The molecule has 2 unspecified atom stereocenters. The van der Waals surface area contributed by atoms with Gasteiger partial charge in [0, 0.05) is 5.92 Å². The fraction of sp³-hybridized carbons (Fsp3) is 0.286. The third-order valence-electron chi connectivity index (χ3n) is 7.18. The monoisotopic (exact) mass is 441 g/mol. The molecule has 2 atom stereocenters. The molecule has 5 nitrogen and oxygen atoms in total. The Morgan fingerprint density at radius 3 is 2.06 bits per heavy atom. The molecule has 0 saturated carbocycles. The SMILES string of the molecule is CC(C)C1CC(NC(=O)OCC2c3ccccc3-c3ccccc32)(C(=O)O)c2ccccc21. The van der Waals surface area contributed by atoms with E-state index in [1.54, 1.807) is 6.07 Å². The van der Waals surface area contributed by atoms with Crippen LogP contribution in [0.1, 0.15) is 54.4 Å². The van der Waals surface area contributed by atoms with Gasteiger partial charge in [0.1, 0.15) is 6.61 Å². The molecule has 0 aromatic heterocycles. The standard InChI is InChI=1S/C28H27NO4/c1-17(2)23-15-28(26(30)31,25-14-8-7-13-22(23)25)29-27(32)33-16-24-20-11-5-3-9-18(20)19-10-4-6-12-21(19)24/h3-14,17,23-24H,15-16H2,1-2H3,(H,29,32)(H,30,31). The maximum atomic E-state index is 13.0. The van der Waals surface area contributed by atoms with Crippen molar-refractivity contribution in [3.63, 3.8) is 0 Å². The van der Waals surface area contributed by atoms with Gasteiger partial charge < -0.3 is 15.2 Å². The van der Waals surface area contributed by atoms with Crippen LogP contribution in [0.2, 0.25) is 0 Å². The first-order valence-corrected chi connectivity index (χ1v) is 11.4. The van der Waals surface area contributed by atoms with Crippen molar-refractivity contribution < 1.29 is 19.4 Å². The van der Waals surface area contributed by atoms with Crippen molar-refractivity contribution in [2.75, 3.05) is 6.61 Å². The van der Waals surface area contributed by atoms with Gasteiger partial charge in [-0.05, 0) is 51.6 Å². The summed E-state index contributed by atoms with van der Waals surface area (Å²) in [6, 6.07) is 23.7. The number of nitrogens with one attached hydrogen (secondary N) is 1. The molecule has 33 heavy (non-hydrogen) atoms. The Labute approximate surface area is 193 Å². The Bertz CT molecular complexity index is 1190. The molecule has 0 bridgehead atoms. The zero-order valence-electron chi connectivity index (χ0n) is 18.7. The van der Waals surface area contributed by atoms with Crippen LogP contribution in [0.25, 0.3) is 11.1 Å². The summed E-state index contributed by atoms with van der Waals surface area (Å²) in [4.78, 5) is 25.5. The van der Waals surface area contributed by atoms with E-state index < -0.39 is 17.6 Å². The van der Waals surface area contributed by atoms with E-state index in [1.807, 2.05) is 42.5 Å². The molecule has 0 fully saturated rings. The minimum Gasteiger partial charge on any atom is -0.479 e. The highest BCUT2D eigenvalue weighted by atomic mass is 16.5. The molecule has 0 spiro atoms. The normalized spacial score (nSPS) is 20.8. The van der Waals surface area contributed by atoms with E-state index in [0.29, 0.717) is 12.0 Å². The number of carboxylic acids is 1. The quantitative estimate of drug-likeness (QED) is 0.537. The third-order valence-corrected chi connectivity index (χ3v) is 7.18. The van der Waals surface area contributed by atoms with Gasteiger partial charge in [0.05, 0.1) is 0 Å². The van der Waals surface area contributed by atoms with E-state index in [0.717, 1.165) is 27.8 Å². The largest absolute Gasteiger partial charge is 0.479 e. The fourth-order valence-corrected chi connectivity index (χ4v) is 5.54. The van der Waals surface area contributed by atoms with E-state index in [2.05, 4.69) is 43.4 Å². The molecule has 2 aliphatic rings. The van der Waals surface area contributed by atoms with Gasteiger partial charge in [-0.1, -0.05) is 86.6 Å². The average Bonchev–Trinajstić information content (AvgIpc) is 3.32. The molecule has 0 radical (unpaired) electrons. The fourth-order valence-electron chi connectivity index (χ4n) is 5.54. The van der Waals surface area contributed by atoms with Crippen molar-refractivity contribution >= 4 is 12.1 Å². The van der Waals surface area contributed by atoms with Gasteiger partial charge in [0.15, 0.2) is 5.54 Å². The second-order valence-electron chi connectivity index (χ2n) is 9.30. The molecule has 2 aliphatic carbocycles. The van der Waals surface area contributed by atoms with Crippen LogP contribution in [0.15, 0.2) is 72.8 Å². The summed E-state index contributed by atoms with van der Waals surface area (Å²) < 4.78 is 5.67. The Balaban J connectivity index is 1.39. The second-order valence-corrected chi connectivity index (χ2v) is 9.30. The predicted octanol–water partition coefficient (Wildman–Crippen LogP) is 5.65. The van der Waals surface area contributed by atoms with E-state index in [-0.39, 0.29) is 24.4 Å². The van der Waals surface area contributed by atoms with E-state index in [9.17, 15) is 14.7 Å². The maximum Gasteiger partial charge on any atom is 0.408 e. The second kappa shape index (κ2) is 8.07. The number of benzene rings is 3. The smallest absolute Gasteiger partial charge is 0.408 e. The number of alkyl carbamates (subject to hydrolysis) is 1. The summed E-state index contributed by atoms with van der Waals surface area (Å²) in [6.07, 6.45) is -0.401. The number of aliphatic carboxylic acids is 1. The number of amides is 1. The number of fused-ring (bicyclic) bond motifs is 4. The van der Waals surface area contributed by atoms with Gasteiger partial charge in [-0.3, -0.25) is 0 Å². The third kappa shape index (κ3) is 3.39. The van der Waals surface area contributed by atoms with Gasteiger partial charge >= 0.3 is 12.1 Å². The zero-order chi connectivity index (χ0) is 23.2. The van der Waals surface area contributed by atoms with Crippen molar-refractivity contribution in [3.8, 4) is 11.1 Å². The number of carboxylic acid groups (broad SMARTS) is 1. The molecule has 0 heterocycles. The van der Waals surface area contributed by atoms with Crippen molar-refractivity contribution in [3.05, 3.63) is 95.1 Å². The average molecular weight is 442 g/mol. The number of rotatable bonds is 5. The first-order chi connectivity index (χ1) is 15.9. The Morgan fingerprint density at radius 2 is 1.48 bits per heavy atom. The van der Waals surface area contributed by atoms with Crippen LogP contribution in [0.4, 0.5) is 4.79 Å². The molecular weight excluding hydrogens is 414 g/mol. The molecule has 5 heteroatoms. The lowest BCUT2D eigenvalue weighted by molar-refractivity contribution is -0.145. The molecule has 5 rings (SSSR count). The molecule has 3 aromatic carbocycles. The zero-order valence-corrected chi connectivity index (χ0v) is 18.7. The molecule has 3 aromatic rings. The molecule has 168 valence electrons. The van der Waals surface area contributed by atoms with Crippen molar-refractivity contribution in [1.29, 1.82) is 0 Å². The lowest BCUT2D eigenvalue weighted by atomic mass is 9.87. The number of ether oxygens (including phenoxy) is 1. The summed E-state index contributed by atoms with van der Waals surface area (Å²) >= 11 is 0. The van der Waals surface area contributed by atoms with E-state index >= 15 is 0 Å². The van der Waals surface area contributed by atoms with Crippen molar-refractivity contribution in [2.24, 2.45) is 5.92 Å². The van der Waals surface area contributed by atoms with Crippen molar-refractivity contribution in [1.82, 2.24) is 5.32 Å². The molecule has 1 amide bonds. The Morgan fingerprint density at radius 1 is 0.939 bits per heavy atom. The van der Waals surface area contributed by atoms with Gasteiger partial charge in [-0.2, -0.15) is 0 Å². The molecule has 0 saturated heterocycles. The summed E-state index contributed by atoms with van der Waals surface area (Å²) in [5.74, 6) is -0.849. The summed E-state index contributed by atoms with van der Waals surface area (Å²) in [5, 5.41) is 13.0. The van der Waals surface area contributed by atoms with Crippen LogP contribution in [0.3, 0.4) is 0 Å². The van der Waals surface area contributed by atoms with Crippen LogP contribution >= 0.6 is 0 Å². The number of carbonyl (C=O) groups is 2. The lowest BCUT2D eigenvalue weighted by Gasteiger charge is -2.28. The van der Waals surface area contributed by atoms with Gasteiger partial charge in [-0.15, -0.1) is 0 Å². The van der Waals surface area contributed by atoms with Gasteiger partial charge in [0.25, 0.3) is 0 Å². The molecule has 0 aliphatic heterocycles. The van der Waals surface area contributed by atoms with Crippen LogP contribution in [0.5, 0.6) is 0 Å². The highest BCUT2D eigenvalue weighted by Crippen LogP contribution is 2.48. The highest BCUT2D eigenvalue weighted by molar-refractivity contribution is 5.88. The lowest BCUT2D eigenvalue weighted by Crippen LogP contribution is -2.51. The number of hydrogen-bond donors (Lipinski definition) is 2. The summed E-state index contributed by atoms with van der Waals surface area (Å²) in [5.41, 5.74) is 4.66. The maximum absolute atomic E-state index is 13.0. The molecular formula is C28H27NO4. The highest BCUT2D eigenvalue weighted by Gasteiger charge is 2.51. The molecule has 2 N–H and O–H groups in total. The topological polar surface area (TPSA) is 75.6 Å².